The first-order chi connectivity index (χ1) is 15.9. The molecule has 2 heterocycles. The molecule has 0 radical (unpaired) electrons. The maximum absolute atomic E-state index is 12.4. The van der Waals surface area contributed by atoms with Gasteiger partial charge in [0.1, 0.15) is 6.33 Å². The lowest BCUT2D eigenvalue weighted by atomic mass is 10.1. The van der Waals surface area contributed by atoms with Crippen molar-refractivity contribution < 1.29 is 14.3 Å². The van der Waals surface area contributed by atoms with Crippen molar-refractivity contribution in [2.75, 3.05) is 24.8 Å². The normalized spacial score (nSPS) is 11.4. The Morgan fingerprint density at radius 3 is 2.64 bits per heavy atom. The highest BCUT2D eigenvalue weighted by Gasteiger charge is 2.19. The Kier molecular flexibility index (Phi) is 7.38. The molecule has 0 bridgehead atoms. The second-order valence-electron chi connectivity index (χ2n) is 7.23. The SMILES string of the molecule is CCC(C)NC(=O)Nc1cc(Nc2cccc(-c3ncn(C)n3)c2OC)c(C(=O)NC)nn1. The summed E-state index contributed by atoms with van der Waals surface area (Å²) in [6.07, 6.45) is 2.37. The number of hydrogen-bond donors (Lipinski definition) is 4. The number of aromatic nitrogens is 5. The fourth-order valence-corrected chi connectivity index (χ4v) is 2.95. The molecule has 0 aliphatic rings. The Morgan fingerprint density at radius 1 is 1.21 bits per heavy atom. The second kappa shape index (κ2) is 10.4. The lowest BCUT2D eigenvalue weighted by Gasteiger charge is -2.16. The molecule has 1 aromatic carbocycles. The summed E-state index contributed by atoms with van der Waals surface area (Å²) in [6.45, 7) is 3.86. The van der Waals surface area contributed by atoms with E-state index >= 15 is 0 Å². The number of aryl methyl sites for hydroxylation is 1. The molecular formula is C21H27N9O3. The van der Waals surface area contributed by atoms with E-state index in [4.69, 9.17) is 4.74 Å². The van der Waals surface area contributed by atoms with Crippen LogP contribution in [0.4, 0.5) is 22.0 Å². The maximum atomic E-state index is 12.4. The van der Waals surface area contributed by atoms with Gasteiger partial charge in [0, 0.05) is 26.2 Å². The van der Waals surface area contributed by atoms with Gasteiger partial charge in [-0.25, -0.2) is 9.78 Å². The number of carbonyl (C=O) groups excluding carboxylic acids is 2. The summed E-state index contributed by atoms with van der Waals surface area (Å²) in [6, 6.07) is 6.52. The summed E-state index contributed by atoms with van der Waals surface area (Å²) in [5, 5.41) is 23.4. The van der Waals surface area contributed by atoms with E-state index in [1.807, 2.05) is 26.0 Å². The van der Waals surface area contributed by atoms with E-state index in [0.717, 1.165) is 6.42 Å². The average Bonchev–Trinajstić information content (AvgIpc) is 3.24. The number of hydrogen-bond acceptors (Lipinski definition) is 8. The van der Waals surface area contributed by atoms with Crippen LogP contribution in [-0.4, -0.2) is 57.1 Å². The van der Waals surface area contributed by atoms with E-state index in [0.29, 0.717) is 28.5 Å². The van der Waals surface area contributed by atoms with Crippen molar-refractivity contribution in [3.8, 4) is 17.1 Å². The molecule has 0 aliphatic carbocycles. The average molecular weight is 454 g/mol. The molecule has 174 valence electrons. The van der Waals surface area contributed by atoms with Gasteiger partial charge in [-0.05, 0) is 25.5 Å². The summed E-state index contributed by atoms with van der Waals surface area (Å²) in [5.41, 5.74) is 1.59. The largest absolute Gasteiger partial charge is 0.494 e. The number of nitrogens with one attached hydrogen (secondary N) is 4. The summed E-state index contributed by atoms with van der Waals surface area (Å²) < 4.78 is 7.21. The Labute approximate surface area is 191 Å². The van der Waals surface area contributed by atoms with Gasteiger partial charge in [0.05, 0.1) is 24.0 Å². The first kappa shape index (κ1) is 23.4. The smallest absolute Gasteiger partial charge is 0.320 e. The number of urea groups is 1. The van der Waals surface area contributed by atoms with Crippen molar-refractivity contribution >= 4 is 29.1 Å². The number of amides is 3. The van der Waals surface area contributed by atoms with E-state index in [1.165, 1.54) is 20.2 Å². The van der Waals surface area contributed by atoms with Crippen LogP contribution in [0, 0.1) is 0 Å². The van der Waals surface area contributed by atoms with Crippen molar-refractivity contribution in [2.24, 2.45) is 7.05 Å². The lowest BCUT2D eigenvalue weighted by molar-refractivity contribution is 0.0958. The highest BCUT2D eigenvalue weighted by Crippen LogP contribution is 2.37. The van der Waals surface area contributed by atoms with Crippen LogP contribution in [0.3, 0.4) is 0 Å². The van der Waals surface area contributed by atoms with Gasteiger partial charge >= 0.3 is 6.03 Å². The van der Waals surface area contributed by atoms with Crippen molar-refractivity contribution in [3.05, 3.63) is 36.3 Å². The van der Waals surface area contributed by atoms with Crippen LogP contribution < -0.4 is 26.0 Å². The Morgan fingerprint density at radius 2 is 2.00 bits per heavy atom. The summed E-state index contributed by atoms with van der Waals surface area (Å²) in [4.78, 5) is 28.9. The van der Waals surface area contributed by atoms with Gasteiger partial charge in [0.15, 0.2) is 23.1 Å². The third-order valence-electron chi connectivity index (χ3n) is 4.80. The number of methoxy groups -OCH3 is 1. The van der Waals surface area contributed by atoms with Crippen molar-refractivity contribution in [1.29, 1.82) is 0 Å². The second-order valence-corrected chi connectivity index (χ2v) is 7.23. The molecule has 0 saturated heterocycles. The van der Waals surface area contributed by atoms with E-state index in [1.54, 1.807) is 24.1 Å². The van der Waals surface area contributed by atoms with E-state index in [-0.39, 0.29) is 17.6 Å². The molecule has 12 heteroatoms. The third kappa shape index (κ3) is 5.53. The van der Waals surface area contributed by atoms with Gasteiger partial charge in [0.2, 0.25) is 0 Å². The molecule has 1 unspecified atom stereocenters. The molecule has 3 aromatic rings. The van der Waals surface area contributed by atoms with Crippen molar-refractivity contribution in [1.82, 2.24) is 35.6 Å². The number of ether oxygens (including phenoxy) is 1. The monoisotopic (exact) mass is 453 g/mol. The predicted octanol–water partition coefficient (Wildman–Crippen LogP) is 2.30. The van der Waals surface area contributed by atoms with Gasteiger partial charge in [-0.15, -0.1) is 10.2 Å². The van der Waals surface area contributed by atoms with Crippen LogP contribution in [0.25, 0.3) is 11.4 Å². The number of rotatable bonds is 8. The van der Waals surface area contributed by atoms with E-state index < -0.39 is 11.9 Å². The number of nitrogens with zero attached hydrogens (tertiary/aromatic N) is 5. The minimum absolute atomic E-state index is 0.00657. The highest BCUT2D eigenvalue weighted by atomic mass is 16.5. The number of para-hydroxylation sites is 1. The predicted molar refractivity (Wildman–Crippen MR) is 124 cm³/mol. The van der Waals surface area contributed by atoms with Gasteiger partial charge < -0.3 is 20.7 Å². The third-order valence-corrected chi connectivity index (χ3v) is 4.80. The number of anilines is 3. The van der Waals surface area contributed by atoms with Gasteiger partial charge in [-0.2, -0.15) is 5.10 Å². The first-order valence-electron chi connectivity index (χ1n) is 10.3. The zero-order valence-electron chi connectivity index (χ0n) is 19.1. The molecule has 0 fully saturated rings. The summed E-state index contributed by atoms with van der Waals surface area (Å²) in [5.74, 6) is 0.698. The molecule has 12 nitrogen and oxygen atoms in total. The standard InChI is InChI=1S/C21H27N9O3/c1-6-12(2)24-21(32)26-16-10-15(17(28-27-16)20(31)22-3)25-14-9-7-8-13(18(14)33-5)19-23-11-30(4)29-19/h7-12H,6H2,1-5H3,(H,22,31)(H3,24,25,26,27,32). The quantitative estimate of drug-likeness (QED) is 0.406. The first-order valence-corrected chi connectivity index (χ1v) is 10.3. The van der Waals surface area contributed by atoms with Crippen LogP contribution in [0.15, 0.2) is 30.6 Å². The van der Waals surface area contributed by atoms with E-state index in [9.17, 15) is 9.59 Å². The zero-order valence-corrected chi connectivity index (χ0v) is 19.1. The molecule has 33 heavy (non-hydrogen) atoms. The van der Waals surface area contributed by atoms with Crippen LogP contribution in [0.2, 0.25) is 0 Å². The zero-order chi connectivity index (χ0) is 24.0. The maximum Gasteiger partial charge on any atom is 0.320 e. The molecular weight excluding hydrogens is 426 g/mol. The van der Waals surface area contributed by atoms with Gasteiger partial charge in [-0.1, -0.05) is 13.0 Å². The highest BCUT2D eigenvalue weighted by molar-refractivity contribution is 5.99. The Balaban J connectivity index is 1.97. The number of benzene rings is 1. The Bertz CT molecular complexity index is 1150. The minimum atomic E-state index is -0.442. The van der Waals surface area contributed by atoms with Crippen molar-refractivity contribution in [3.63, 3.8) is 0 Å². The van der Waals surface area contributed by atoms with Crippen molar-refractivity contribution in [2.45, 2.75) is 26.3 Å². The lowest BCUT2D eigenvalue weighted by Crippen LogP contribution is -2.36. The van der Waals surface area contributed by atoms with Crippen LogP contribution in [-0.2, 0) is 7.05 Å². The van der Waals surface area contributed by atoms with Crippen LogP contribution in [0.5, 0.6) is 5.75 Å². The van der Waals surface area contributed by atoms with Gasteiger partial charge in [-0.3, -0.25) is 14.8 Å². The summed E-state index contributed by atoms with van der Waals surface area (Å²) >= 11 is 0. The molecule has 4 N–H and O–H groups in total. The fraction of sp³-hybridized carbons (Fsp3) is 0.333. The molecule has 0 saturated carbocycles. The minimum Gasteiger partial charge on any atom is -0.494 e. The topological polar surface area (TPSA) is 148 Å². The molecule has 1 atom stereocenters. The molecule has 2 aromatic heterocycles. The molecule has 0 aliphatic heterocycles. The molecule has 3 rings (SSSR count). The fourth-order valence-electron chi connectivity index (χ4n) is 2.95. The van der Waals surface area contributed by atoms with Crippen LogP contribution in [0.1, 0.15) is 30.8 Å². The summed E-state index contributed by atoms with van der Waals surface area (Å²) in [7, 11) is 4.80. The van der Waals surface area contributed by atoms with E-state index in [2.05, 4.69) is 41.5 Å². The van der Waals surface area contributed by atoms with Gasteiger partial charge in [0.25, 0.3) is 5.91 Å². The molecule has 0 spiro atoms. The Hall–Kier alpha value is -4.22. The molecule has 3 amide bonds. The van der Waals surface area contributed by atoms with Crippen LogP contribution >= 0.6 is 0 Å². The number of carbonyl (C=O) groups is 2.